The first kappa shape index (κ1) is 21.0. The molecule has 0 radical (unpaired) electrons. The van der Waals surface area contributed by atoms with E-state index in [2.05, 4.69) is 39.5 Å². The van der Waals surface area contributed by atoms with Gasteiger partial charge in [-0.3, -0.25) is 4.79 Å². The average molecular weight is 282 g/mol. The van der Waals surface area contributed by atoms with Crippen molar-refractivity contribution in [2.24, 2.45) is 0 Å². The van der Waals surface area contributed by atoms with E-state index in [-0.39, 0.29) is 0 Å². The lowest BCUT2D eigenvalue weighted by molar-refractivity contribution is -0.134. The fraction of sp³-hybridized carbons (Fsp3) is 0.588. The van der Waals surface area contributed by atoms with Crippen molar-refractivity contribution in [2.75, 3.05) is 0 Å². The van der Waals surface area contributed by atoms with Gasteiger partial charge in [-0.1, -0.05) is 29.4 Å². The van der Waals surface area contributed by atoms with E-state index >= 15 is 0 Å². The number of carbonyl (C=O) groups is 1. The van der Waals surface area contributed by atoms with Gasteiger partial charge in [0.15, 0.2) is 0 Å². The Morgan fingerprint density at radius 1 is 1.15 bits per heavy atom. The molecule has 1 atom stereocenters. The smallest absolute Gasteiger partial charge is 0.300 e. The minimum atomic E-state index is -0.833. The highest BCUT2D eigenvalue weighted by molar-refractivity contribution is 5.62. The third-order valence-corrected chi connectivity index (χ3v) is 2.67. The summed E-state index contributed by atoms with van der Waals surface area (Å²) in [5, 5.41) is 17.1. The van der Waals surface area contributed by atoms with Crippen molar-refractivity contribution >= 4 is 5.97 Å². The zero-order valence-electron chi connectivity index (χ0n) is 13.6. The van der Waals surface area contributed by atoms with Crippen molar-refractivity contribution in [3.05, 3.63) is 36.0 Å². The van der Waals surface area contributed by atoms with Gasteiger partial charge in [0.25, 0.3) is 5.97 Å². The Morgan fingerprint density at radius 2 is 1.65 bits per heavy atom. The Bertz CT molecular complexity index is 341. The second-order valence-electron chi connectivity index (χ2n) is 5.49. The minimum Gasteiger partial charge on any atom is -0.481 e. The fourth-order valence-corrected chi connectivity index (χ4v) is 1.40. The summed E-state index contributed by atoms with van der Waals surface area (Å²) >= 11 is 0. The fourth-order valence-electron chi connectivity index (χ4n) is 1.40. The molecule has 0 rings (SSSR count). The summed E-state index contributed by atoms with van der Waals surface area (Å²) in [5.74, 6) is -0.833. The van der Waals surface area contributed by atoms with Gasteiger partial charge >= 0.3 is 0 Å². The van der Waals surface area contributed by atoms with Crippen LogP contribution in [0.5, 0.6) is 0 Å². The minimum absolute atomic E-state index is 0.726. The molecule has 0 aliphatic carbocycles. The van der Waals surface area contributed by atoms with Gasteiger partial charge in [0, 0.05) is 6.92 Å². The van der Waals surface area contributed by atoms with Crippen LogP contribution in [0.2, 0.25) is 0 Å². The van der Waals surface area contributed by atoms with Gasteiger partial charge in [0.1, 0.15) is 0 Å². The summed E-state index contributed by atoms with van der Waals surface area (Å²) in [5.41, 5.74) is 2.05. The van der Waals surface area contributed by atoms with E-state index in [1.165, 1.54) is 11.1 Å². The summed E-state index contributed by atoms with van der Waals surface area (Å²) < 4.78 is 0. The zero-order valence-corrected chi connectivity index (χ0v) is 13.6. The molecule has 20 heavy (non-hydrogen) atoms. The van der Waals surface area contributed by atoms with E-state index in [0.29, 0.717) is 0 Å². The van der Waals surface area contributed by atoms with E-state index in [4.69, 9.17) is 9.90 Å². The van der Waals surface area contributed by atoms with Gasteiger partial charge < -0.3 is 10.2 Å². The van der Waals surface area contributed by atoms with Crippen LogP contribution in [0.3, 0.4) is 0 Å². The third kappa shape index (κ3) is 19.0. The normalized spacial score (nSPS) is 13.6. The van der Waals surface area contributed by atoms with E-state index in [1.807, 2.05) is 0 Å². The van der Waals surface area contributed by atoms with Gasteiger partial charge in [-0.2, -0.15) is 0 Å². The lowest BCUT2D eigenvalue weighted by atomic mass is 9.99. The van der Waals surface area contributed by atoms with Crippen LogP contribution in [-0.2, 0) is 4.79 Å². The van der Waals surface area contributed by atoms with Gasteiger partial charge in [-0.25, -0.2) is 0 Å². The highest BCUT2D eigenvalue weighted by Gasteiger charge is 2.13. The second-order valence-corrected chi connectivity index (χ2v) is 5.49. The molecular formula is C17H30O3. The number of hydrogen-bond donors (Lipinski definition) is 2. The molecule has 0 spiro atoms. The summed E-state index contributed by atoms with van der Waals surface area (Å²) in [7, 11) is 0. The summed E-state index contributed by atoms with van der Waals surface area (Å²) in [6, 6.07) is 0. The Labute approximate surface area is 123 Å². The van der Waals surface area contributed by atoms with Crippen molar-refractivity contribution in [1.29, 1.82) is 0 Å². The predicted molar refractivity (Wildman–Crippen MR) is 85.8 cm³/mol. The SMILES string of the molecule is C=C[C@@](C)(O)CC/C=C(/C)CCC=C(C)C.CC(=O)O. The van der Waals surface area contributed by atoms with Gasteiger partial charge in [0.05, 0.1) is 5.60 Å². The molecule has 0 bridgehead atoms. The first-order chi connectivity index (χ1) is 9.10. The number of carboxylic acids is 1. The first-order valence-electron chi connectivity index (χ1n) is 6.95. The highest BCUT2D eigenvalue weighted by Crippen LogP contribution is 2.15. The lowest BCUT2D eigenvalue weighted by Gasteiger charge is -2.16. The van der Waals surface area contributed by atoms with Crippen molar-refractivity contribution in [1.82, 2.24) is 0 Å². The summed E-state index contributed by atoms with van der Waals surface area (Å²) in [6.45, 7) is 12.9. The quantitative estimate of drug-likeness (QED) is 0.676. The van der Waals surface area contributed by atoms with Crippen molar-refractivity contribution < 1.29 is 15.0 Å². The van der Waals surface area contributed by atoms with Crippen LogP contribution >= 0.6 is 0 Å². The molecule has 0 heterocycles. The first-order valence-corrected chi connectivity index (χ1v) is 6.95. The molecule has 0 aliphatic heterocycles. The van der Waals surface area contributed by atoms with Crippen LogP contribution in [0.4, 0.5) is 0 Å². The van der Waals surface area contributed by atoms with E-state index in [1.54, 1.807) is 13.0 Å². The molecule has 3 heteroatoms. The number of carboxylic acid groups (broad SMARTS) is 1. The molecule has 2 N–H and O–H groups in total. The molecule has 0 fully saturated rings. The number of allylic oxidation sites excluding steroid dienone is 4. The largest absolute Gasteiger partial charge is 0.481 e. The Morgan fingerprint density at radius 3 is 2.05 bits per heavy atom. The summed E-state index contributed by atoms with van der Waals surface area (Å²) in [6.07, 6.45) is 9.98. The second kappa shape index (κ2) is 11.5. The van der Waals surface area contributed by atoms with Crippen LogP contribution in [0.15, 0.2) is 36.0 Å². The lowest BCUT2D eigenvalue weighted by Crippen LogP contribution is -2.19. The molecular weight excluding hydrogens is 252 g/mol. The maximum atomic E-state index is 9.73. The maximum Gasteiger partial charge on any atom is 0.300 e. The van der Waals surface area contributed by atoms with Gasteiger partial charge in [0.2, 0.25) is 0 Å². The molecule has 116 valence electrons. The standard InChI is InChI=1S/C15H26O.C2H4O2/c1-6-15(5,16)12-8-11-14(4)10-7-9-13(2)3;1-2(3)4/h6,9,11,16H,1,7-8,10,12H2,2-5H3;1H3,(H,3,4)/b14-11-;/t15-;/m1./s1. The number of hydrogen-bond acceptors (Lipinski definition) is 2. The monoisotopic (exact) mass is 282 g/mol. The van der Waals surface area contributed by atoms with Crippen LogP contribution in [0.1, 0.15) is 60.3 Å². The molecule has 0 saturated carbocycles. The molecule has 0 aromatic carbocycles. The average Bonchev–Trinajstić information content (AvgIpc) is 2.27. The van der Waals surface area contributed by atoms with Crippen molar-refractivity contribution in [3.63, 3.8) is 0 Å². The van der Waals surface area contributed by atoms with E-state index < -0.39 is 11.6 Å². The van der Waals surface area contributed by atoms with Crippen molar-refractivity contribution in [3.8, 4) is 0 Å². The van der Waals surface area contributed by atoms with Crippen LogP contribution in [0, 0.1) is 0 Å². The topological polar surface area (TPSA) is 57.5 Å². The Hall–Kier alpha value is -1.35. The number of aliphatic carboxylic acids is 1. The van der Waals surface area contributed by atoms with E-state index in [0.717, 1.165) is 32.6 Å². The number of rotatable bonds is 7. The molecule has 3 nitrogen and oxygen atoms in total. The molecule has 0 amide bonds. The van der Waals surface area contributed by atoms with Gasteiger partial charge in [-0.15, -0.1) is 6.58 Å². The maximum absolute atomic E-state index is 9.73. The summed E-state index contributed by atoms with van der Waals surface area (Å²) in [4.78, 5) is 9.00. The van der Waals surface area contributed by atoms with Crippen LogP contribution in [0.25, 0.3) is 0 Å². The Kier molecular flexibility index (Phi) is 12.0. The Balaban J connectivity index is 0. The number of aliphatic hydroxyl groups is 1. The van der Waals surface area contributed by atoms with Crippen LogP contribution in [-0.4, -0.2) is 21.8 Å². The van der Waals surface area contributed by atoms with Gasteiger partial charge in [-0.05, 0) is 53.4 Å². The molecule has 0 saturated heterocycles. The molecule has 0 unspecified atom stereocenters. The predicted octanol–water partition coefficient (Wildman–Crippen LogP) is 4.49. The van der Waals surface area contributed by atoms with E-state index in [9.17, 15) is 5.11 Å². The molecule has 0 aliphatic rings. The third-order valence-electron chi connectivity index (χ3n) is 2.67. The molecule has 0 aromatic heterocycles. The molecule has 0 aromatic rings. The highest BCUT2D eigenvalue weighted by atomic mass is 16.4. The van der Waals surface area contributed by atoms with Crippen LogP contribution < -0.4 is 0 Å². The van der Waals surface area contributed by atoms with Crippen molar-refractivity contribution in [2.45, 2.75) is 65.9 Å². The zero-order chi connectivity index (χ0) is 16.2.